The van der Waals surface area contributed by atoms with Crippen LogP contribution in [0.15, 0.2) is 18.3 Å². The van der Waals surface area contributed by atoms with Crippen molar-refractivity contribution in [3.8, 4) is 5.75 Å². The van der Waals surface area contributed by atoms with Crippen LogP contribution >= 0.6 is 11.6 Å². The molecule has 0 spiro atoms. The number of nitro groups is 1. The Morgan fingerprint density at radius 1 is 1.47 bits per heavy atom. The van der Waals surface area contributed by atoms with Gasteiger partial charge in [0.05, 0.1) is 17.5 Å². The molecule has 0 fully saturated rings. The zero-order chi connectivity index (χ0) is 12.6. The summed E-state index contributed by atoms with van der Waals surface area (Å²) in [6.07, 6.45) is 1.17. The first-order valence-electron chi connectivity index (χ1n) is 4.82. The van der Waals surface area contributed by atoms with Gasteiger partial charge in [-0.3, -0.25) is 10.1 Å². The molecular formula is C11H9ClN2O3. The Kier molecular flexibility index (Phi) is 2.85. The lowest BCUT2D eigenvalue weighted by Crippen LogP contribution is -1.94. The van der Waals surface area contributed by atoms with E-state index in [1.54, 1.807) is 12.1 Å². The molecule has 5 nitrogen and oxygen atoms in total. The van der Waals surface area contributed by atoms with Gasteiger partial charge in [0.25, 0.3) is 0 Å². The molecule has 6 heteroatoms. The Morgan fingerprint density at radius 3 is 2.76 bits per heavy atom. The largest absolute Gasteiger partial charge is 0.497 e. The van der Waals surface area contributed by atoms with Crippen molar-refractivity contribution in [2.24, 2.45) is 0 Å². The van der Waals surface area contributed by atoms with Crippen LogP contribution in [0.4, 0.5) is 5.69 Å². The molecule has 0 aliphatic heterocycles. The average molecular weight is 253 g/mol. The molecule has 0 saturated carbocycles. The summed E-state index contributed by atoms with van der Waals surface area (Å²) in [6, 6.07) is 3.45. The smallest absolute Gasteiger partial charge is 0.306 e. The molecule has 0 radical (unpaired) electrons. The molecule has 17 heavy (non-hydrogen) atoms. The molecule has 0 aliphatic carbocycles. The fourth-order valence-corrected chi connectivity index (χ4v) is 1.91. The van der Waals surface area contributed by atoms with Crippen LogP contribution in [0.5, 0.6) is 5.75 Å². The Hall–Kier alpha value is -1.88. The third-order valence-electron chi connectivity index (χ3n) is 2.48. The van der Waals surface area contributed by atoms with Crippen molar-refractivity contribution >= 4 is 28.2 Å². The fourth-order valence-electron chi connectivity index (χ4n) is 1.65. The molecule has 2 aromatic rings. The van der Waals surface area contributed by atoms with Gasteiger partial charge >= 0.3 is 5.69 Å². The van der Waals surface area contributed by atoms with E-state index >= 15 is 0 Å². The molecular weight excluding hydrogens is 244 g/mol. The second-order valence-electron chi connectivity index (χ2n) is 3.55. The highest BCUT2D eigenvalue weighted by molar-refractivity contribution is 6.37. The maximum absolute atomic E-state index is 10.8. The first-order chi connectivity index (χ1) is 8.04. The van der Waals surface area contributed by atoms with Gasteiger partial charge in [-0.05, 0) is 24.6 Å². The lowest BCUT2D eigenvalue weighted by atomic mass is 10.1. The SMILES string of the molecule is COc1cc(C)c2ncc([N+](=O)[O-])c(Cl)c2c1. The van der Waals surface area contributed by atoms with Crippen molar-refractivity contribution in [1.29, 1.82) is 0 Å². The topological polar surface area (TPSA) is 65.3 Å². The number of aryl methyl sites for hydroxylation is 1. The molecule has 0 atom stereocenters. The highest BCUT2D eigenvalue weighted by Crippen LogP contribution is 2.34. The monoisotopic (exact) mass is 252 g/mol. The van der Waals surface area contributed by atoms with Gasteiger partial charge < -0.3 is 4.74 Å². The molecule has 0 aliphatic rings. The normalized spacial score (nSPS) is 10.5. The van der Waals surface area contributed by atoms with Gasteiger partial charge in [-0.1, -0.05) is 11.6 Å². The second kappa shape index (κ2) is 4.18. The number of ether oxygens (including phenoxy) is 1. The summed E-state index contributed by atoms with van der Waals surface area (Å²) in [7, 11) is 1.53. The molecule has 0 bridgehead atoms. The number of nitrogens with zero attached hydrogens (tertiary/aromatic N) is 2. The van der Waals surface area contributed by atoms with Crippen LogP contribution in [0, 0.1) is 17.0 Å². The number of halogens is 1. The number of pyridine rings is 1. The number of benzene rings is 1. The van der Waals surface area contributed by atoms with Gasteiger partial charge in [-0.25, -0.2) is 4.98 Å². The minimum Gasteiger partial charge on any atom is -0.497 e. The van der Waals surface area contributed by atoms with Crippen LogP contribution in [-0.2, 0) is 0 Å². The Labute approximate surface area is 102 Å². The minimum atomic E-state index is -0.552. The van der Waals surface area contributed by atoms with E-state index in [0.717, 1.165) is 5.56 Å². The van der Waals surface area contributed by atoms with E-state index in [9.17, 15) is 10.1 Å². The first-order valence-corrected chi connectivity index (χ1v) is 5.19. The lowest BCUT2D eigenvalue weighted by molar-refractivity contribution is -0.384. The van der Waals surface area contributed by atoms with Gasteiger partial charge in [0, 0.05) is 5.39 Å². The Bertz CT molecular complexity index is 613. The van der Waals surface area contributed by atoms with Gasteiger partial charge in [0.2, 0.25) is 0 Å². The maximum atomic E-state index is 10.8. The number of aromatic nitrogens is 1. The highest BCUT2D eigenvalue weighted by atomic mass is 35.5. The molecule has 1 aromatic heterocycles. The number of hydrogen-bond acceptors (Lipinski definition) is 4. The van der Waals surface area contributed by atoms with E-state index in [1.807, 2.05) is 6.92 Å². The quantitative estimate of drug-likeness (QED) is 0.608. The van der Waals surface area contributed by atoms with Gasteiger partial charge in [0.1, 0.15) is 17.0 Å². The fraction of sp³-hybridized carbons (Fsp3) is 0.182. The molecule has 0 amide bonds. The summed E-state index contributed by atoms with van der Waals surface area (Å²) in [5.41, 5.74) is 1.30. The van der Waals surface area contributed by atoms with E-state index in [0.29, 0.717) is 16.7 Å². The second-order valence-corrected chi connectivity index (χ2v) is 3.93. The van der Waals surface area contributed by atoms with Gasteiger partial charge in [-0.15, -0.1) is 0 Å². The number of fused-ring (bicyclic) bond motifs is 1. The van der Waals surface area contributed by atoms with E-state index < -0.39 is 4.92 Å². The molecule has 0 unspecified atom stereocenters. The predicted molar refractivity (Wildman–Crippen MR) is 64.7 cm³/mol. The van der Waals surface area contributed by atoms with Crippen LogP contribution in [0.25, 0.3) is 10.9 Å². The van der Waals surface area contributed by atoms with Crippen LogP contribution in [-0.4, -0.2) is 17.0 Å². The molecule has 2 rings (SSSR count). The number of rotatable bonds is 2. The predicted octanol–water partition coefficient (Wildman–Crippen LogP) is 3.11. The van der Waals surface area contributed by atoms with Crippen molar-refractivity contribution in [1.82, 2.24) is 4.98 Å². The van der Waals surface area contributed by atoms with E-state index in [4.69, 9.17) is 16.3 Å². The highest BCUT2D eigenvalue weighted by Gasteiger charge is 2.17. The first kappa shape index (κ1) is 11.6. The van der Waals surface area contributed by atoms with E-state index in [2.05, 4.69) is 4.98 Å². The summed E-state index contributed by atoms with van der Waals surface area (Å²) in [4.78, 5) is 14.3. The third kappa shape index (κ3) is 1.89. The van der Waals surface area contributed by atoms with Crippen molar-refractivity contribution in [3.63, 3.8) is 0 Å². The third-order valence-corrected chi connectivity index (χ3v) is 2.88. The van der Waals surface area contributed by atoms with E-state index in [1.165, 1.54) is 13.3 Å². The zero-order valence-electron chi connectivity index (χ0n) is 9.23. The van der Waals surface area contributed by atoms with Crippen molar-refractivity contribution in [2.75, 3.05) is 7.11 Å². The molecule has 0 N–H and O–H groups in total. The summed E-state index contributed by atoms with van der Waals surface area (Å²) < 4.78 is 5.10. The van der Waals surface area contributed by atoms with Crippen molar-refractivity contribution < 1.29 is 9.66 Å². The van der Waals surface area contributed by atoms with Crippen LogP contribution in [0.3, 0.4) is 0 Å². The summed E-state index contributed by atoms with van der Waals surface area (Å²) in [5.74, 6) is 0.596. The number of hydrogen-bond donors (Lipinski definition) is 0. The van der Waals surface area contributed by atoms with Crippen LogP contribution in [0.2, 0.25) is 5.02 Å². The number of methoxy groups -OCH3 is 1. The summed E-state index contributed by atoms with van der Waals surface area (Å²) in [6.45, 7) is 1.85. The maximum Gasteiger partial charge on any atom is 0.306 e. The summed E-state index contributed by atoms with van der Waals surface area (Å²) >= 11 is 6.00. The molecule has 1 aromatic carbocycles. The average Bonchev–Trinajstić information content (AvgIpc) is 2.29. The zero-order valence-corrected chi connectivity index (χ0v) is 9.99. The summed E-state index contributed by atoms with van der Waals surface area (Å²) in [5, 5.41) is 11.4. The lowest BCUT2D eigenvalue weighted by Gasteiger charge is -2.07. The standard InChI is InChI=1S/C11H9ClN2O3/c1-6-3-7(17-2)4-8-10(12)9(14(15)16)5-13-11(6)8/h3-5H,1-2H3. The van der Waals surface area contributed by atoms with Crippen LogP contribution < -0.4 is 4.74 Å². The Balaban J connectivity index is 2.83. The van der Waals surface area contributed by atoms with Crippen LogP contribution in [0.1, 0.15) is 5.56 Å². The van der Waals surface area contributed by atoms with Gasteiger partial charge in [0.15, 0.2) is 0 Å². The van der Waals surface area contributed by atoms with Crippen molar-refractivity contribution in [2.45, 2.75) is 6.92 Å². The minimum absolute atomic E-state index is 0.0852. The van der Waals surface area contributed by atoms with E-state index in [-0.39, 0.29) is 10.7 Å². The Morgan fingerprint density at radius 2 is 2.18 bits per heavy atom. The van der Waals surface area contributed by atoms with Crippen molar-refractivity contribution in [3.05, 3.63) is 39.0 Å². The molecule has 88 valence electrons. The molecule has 1 heterocycles. The molecule has 0 saturated heterocycles. The van der Waals surface area contributed by atoms with Gasteiger partial charge in [-0.2, -0.15) is 0 Å².